The van der Waals surface area contributed by atoms with Gasteiger partial charge in [-0.1, -0.05) is 0 Å². The fourth-order valence-electron chi connectivity index (χ4n) is 0.769. The molecule has 11 heavy (non-hydrogen) atoms. The van der Waals surface area contributed by atoms with Crippen LogP contribution in [0.25, 0.3) is 0 Å². The number of hydrogen-bond donors (Lipinski definition) is 1. The van der Waals surface area contributed by atoms with Gasteiger partial charge in [-0.25, -0.2) is 0 Å². The molecule has 0 amide bonds. The van der Waals surface area contributed by atoms with Crippen molar-refractivity contribution in [2.75, 3.05) is 12.1 Å². The van der Waals surface area contributed by atoms with Crippen molar-refractivity contribution in [1.29, 1.82) is 0 Å². The van der Waals surface area contributed by atoms with Gasteiger partial charge in [-0.3, -0.25) is 15.1 Å². The molecule has 3 nitrogen and oxygen atoms in total. The number of benzene rings is 1. The van der Waals surface area contributed by atoms with Gasteiger partial charge in [0.05, 0.1) is 5.69 Å². The number of nitrogens with zero attached hydrogens (tertiary/aromatic N) is 1. The van der Waals surface area contributed by atoms with E-state index in [9.17, 15) is 4.79 Å². The fourth-order valence-corrected chi connectivity index (χ4v) is 0.769. The van der Waals surface area contributed by atoms with Crippen LogP contribution in [0.2, 0.25) is 0 Å². The molecular formula is C8H9NO2. The van der Waals surface area contributed by atoms with Crippen LogP contribution in [0.15, 0.2) is 24.3 Å². The molecule has 1 aromatic rings. The summed E-state index contributed by atoms with van der Waals surface area (Å²) in [6, 6.07) is 6.64. The van der Waals surface area contributed by atoms with Gasteiger partial charge >= 0.3 is 0 Å². The molecule has 0 aliphatic carbocycles. The second-order valence-electron chi connectivity index (χ2n) is 2.23. The van der Waals surface area contributed by atoms with Crippen LogP contribution in [0.1, 0.15) is 10.4 Å². The zero-order valence-corrected chi connectivity index (χ0v) is 6.19. The molecule has 0 saturated carbocycles. The molecule has 0 aliphatic rings. The Hall–Kier alpha value is -1.35. The third-order valence-corrected chi connectivity index (χ3v) is 1.40. The minimum absolute atomic E-state index is 0.607. The maximum Gasteiger partial charge on any atom is 0.150 e. The highest BCUT2D eigenvalue weighted by molar-refractivity contribution is 5.75. The van der Waals surface area contributed by atoms with Gasteiger partial charge in [0.1, 0.15) is 6.29 Å². The van der Waals surface area contributed by atoms with Crippen molar-refractivity contribution >= 4 is 12.0 Å². The first kappa shape index (κ1) is 7.75. The summed E-state index contributed by atoms with van der Waals surface area (Å²) in [5.41, 5.74) is 1.27. The minimum atomic E-state index is 0.607. The van der Waals surface area contributed by atoms with Gasteiger partial charge in [0.2, 0.25) is 0 Å². The van der Waals surface area contributed by atoms with Crippen molar-refractivity contribution in [3.8, 4) is 0 Å². The summed E-state index contributed by atoms with van der Waals surface area (Å²) in [7, 11) is 1.52. The van der Waals surface area contributed by atoms with Crippen LogP contribution in [0.4, 0.5) is 5.69 Å². The van der Waals surface area contributed by atoms with Crippen LogP contribution < -0.4 is 5.06 Å². The molecule has 0 bridgehead atoms. The predicted octanol–water partition coefficient (Wildman–Crippen LogP) is 1.32. The molecule has 0 fully saturated rings. The number of anilines is 1. The van der Waals surface area contributed by atoms with Crippen molar-refractivity contribution < 1.29 is 10.0 Å². The Bertz CT molecular complexity index is 241. The molecule has 0 radical (unpaired) electrons. The van der Waals surface area contributed by atoms with E-state index in [2.05, 4.69) is 0 Å². The summed E-state index contributed by atoms with van der Waals surface area (Å²) in [6.07, 6.45) is 0.765. The van der Waals surface area contributed by atoms with E-state index < -0.39 is 0 Å². The number of aldehydes is 1. The second kappa shape index (κ2) is 3.16. The average molecular weight is 151 g/mol. The molecule has 0 atom stereocenters. The van der Waals surface area contributed by atoms with Gasteiger partial charge < -0.3 is 0 Å². The Morgan fingerprint density at radius 1 is 1.36 bits per heavy atom. The van der Waals surface area contributed by atoms with E-state index in [1.54, 1.807) is 24.3 Å². The number of hydroxylamine groups is 1. The highest BCUT2D eigenvalue weighted by Crippen LogP contribution is 2.10. The topological polar surface area (TPSA) is 40.5 Å². The van der Waals surface area contributed by atoms with Crippen molar-refractivity contribution in [3.63, 3.8) is 0 Å². The Morgan fingerprint density at radius 2 is 1.91 bits per heavy atom. The summed E-state index contributed by atoms with van der Waals surface area (Å²) >= 11 is 0. The van der Waals surface area contributed by atoms with Crippen molar-refractivity contribution in [2.45, 2.75) is 0 Å². The summed E-state index contributed by atoms with van der Waals surface area (Å²) in [6.45, 7) is 0. The third-order valence-electron chi connectivity index (χ3n) is 1.40. The lowest BCUT2D eigenvalue weighted by Crippen LogP contribution is -2.09. The molecular weight excluding hydrogens is 142 g/mol. The van der Waals surface area contributed by atoms with E-state index in [1.807, 2.05) is 0 Å². The first-order valence-corrected chi connectivity index (χ1v) is 3.22. The molecule has 58 valence electrons. The lowest BCUT2D eigenvalue weighted by Gasteiger charge is -2.08. The SMILES string of the molecule is CN(O)c1ccc(C=O)cc1. The molecule has 0 spiro atoms. The number of rotatable bonds is 2. The molecule has 1 rings (SSSR count). The van der Waals surface area contributed by atoms with Gasteiger partial charge in [-0.15, -0.1) is 0 Å². The quantitative estimate of drug-likeness (QED) is 0.512. The second-order valence-corrected chi connectivity index (χ2v) is 2.23. The summed E-state index contributed by atoms with van der Waals surface area (Å²) < 4.78 is 0. The summed E-state index contributed by atoms with van der Waals surface area (Å²) in [5.74, 6) is 0. The fraction of sp³-hybridized carbons (Fsp3) is 0.125. The van der Waals surface area contributed by atoms with Gasteiger partial charge in [0, 0.05) is 12.6 Å². The molecule has 1 N–H and O–H groups in total. The van der Waals surface area contributed by atoms with Crippen molar-refractivity contribution in [1.82, 2.24) is 0 Å². The minimum Gasteiger partial charge on any atom is -0.298 e. The maximum absolute atomic E-state index is 10.2. The Kier molecular flexibility index (Phi) is 2.23. The van der Waals surface area contributed by atoms with Gasteiger partial charge in [-0.2, -0.15) is 0 Å². The Labute approximate surface area is 64.8 Å². The van der Waals surface area contributed by atoms with E-state index in [0.29, 0.717) is 11.3 Å². The van der Waals surface area contributed by atoms with E-state index in [0.717, 1.165) is 11.3 Å². The zero-order chi connectivity index (χ0) is 8.27. The summed E-state index contributed by atoms with van der Waals surface area (Å²) in [4.78, 5) is 10.2. The first-order chi connectivity index (χ1) is 5.24. The van der Waals surface area contributed by atoms with Crippen LogP contribution >= 0.6 is 0 Å². The normalized spacial score (nSPS) is 9.27. The standard InChI is InChI=1S/C8H9NO2/c1-9(11)8-4-2-7(6-10)3-5-8/h2-6,11H,1H3. The molecule has 0 aromatic heterocycles. The van der Waals surface area contributed by atoms with Crippen LogP contribution in [-0.4, -0.2) is 18.5 Å². The van der Waals surface area contributed by atoms with Gasteiger partial charge in [0.25, 0.3) is 0 Å². The highest BCUT2D eigenvalue weighted by atomic mass is 16.5. The zero-order valence-electron chi connectivity index (χ0n) is 6.19. The number of carbonyl (C=O) groups is 1. The van der Waals surface area contributed by atoms with E-state index in [1.165, 1.54) is 7.05 Å². The highest BCUT2D eigenvalue weighted by Gasteiger charge is 1.94. The van der Waals surface area contributed by atoms with Crippen molar-refractivity contribution in [3.05, 3.63) is 29.8 Å². The lowest BCUT2D eigenvalue weighted by atomic mass is 10.2. The van der Waals surface area contributed by atoms with Gasteiger partial charge in [0.15, 0.2) is 0 Å². The van der Waals surface area contributed by atoms with Crippen LogP contribution in [0.3, 0.4) is 0 Å². The number of hydrogen-bond acceptors (Lipinski definition) is 3. The monoisotopic (exact) mass is 151 g/mol. The van der Waals surface area contributed by atoms with Crippen molar-refractivity contribution in [2.24, 2.45) is 0 Å². The van der Waals surface area contributed by atoms with Crippen LogP contribution in [-0.2, 0) is 0 Å². The molecule has 0 unspecified atom stereocenters. The number of carbonyl (C=O) groups excluding carboxylic acids is 1. The van der Waals surface area contributed by atoms with Gasteiger partial charge in [-0.05, 0) is 24.3 Å². The smallest absolute Gasteiger partial charge is 0.150 e. The molecule has 3 heteroatoms. The molecule has 1 aromatic carbocycles. The molecule has 0 saturated heterocycles. The summed E-state index contributed by atoms with van der Waals surface area (Å²) in [5, 5.41) is 9.93. The average Bonchev–Trinajstić information content (AvgIpc) is 2.05. The van der Waals surface area contributed by atoms with Crippen LogP contribution in [0, 0.1) is 0 Å². The van der Waals surface area contributed by atoms with E-state index >= 15 is 0 Å². The first-order valence-electron chi connectivity index (χ1n) is 3.22. The Balaban J connectivity index is 2.91. The van der Waals surface area contributed by atoms with Crippen LogP contribution in [0.5, 0.6) is 0 Å². The maximum atomic E-state index is 10.2. The molecule has 0 aliphatic heterocycles. The van der Waals surface area contributed by atoms with E-state index in [-0.39, 0.29) is 0 Å². The van der Waals surface area contributed by atoms with E-state index in [4.69, 9.17) is 5.21 Å². The lowest BCUT2D eigenvalue weighted by molar-refractivity contribution is 0.112. The molecule has 0 heterocycles. The Morgan fingerprint density at radius 3 is 2.27 bits per heavy atom. The third kappa shape index (κ3) is 1.78. The predicted molar refractivity (Wildman–Crippen MR) is 42.0 cm³/mol. The largest absolute Gasteiger partial charge is 0.298 e.